The van der Waals surface area contributed by atoms with Gasteiger partial charge in [-0.05, 0) is 38.1 Å². The molecule has 0 radical (unpaired) electrons. The van der Waals surface area contributed by atoms with Gasteiger partial charge in [0.25, 0.3) is 5.91 Å². The smallest absolute Gasteiger partial charge is 0.262 e. The summed E-state index contributed by atoms with van der Waals surface area (Å²) >= 11 is 1.68. The van der Waals surface area contributed by atoms with Gasteiger partial charge in [-0.1, -0.05) is 54.6 Å². The first kappa shape index (κ1) is 21.6. The van der Waals surface area contributed by atoms with Gasteiger partial charge in [-0.2, -0.15) is 0 Å². The van der Waals surface area contributed by atoms with E-state index in [9.17, 15) is 4.79 Å². The van der Waals surface area contributed by atoms with Crippen LogP contribution in [-0.2, 0) is 4.79 Å². The van der Waals surface area contributed by atoms with Gasteiger partial charge in [-0.25, -0.2) is 4.98 Å². The Hall–Kier alpha value is -3.64. The summed E-state index contributed by atoms with van der Waals surface area (Å²) in [6.07, 6.45) is 0. The van der Waals surface area contributed by atoms with E-state index in [0.29, 0.717) is 23.8 Å². The Kier molecular flexibility index (Phi) is 6.82. The third-order valence-corrected chi connectivity index (χ3v) is 5.79. The van der Waals surface area contributed by atoms with Crippen LogP contribution in [0.1, 0.15) is 11.8 Å². The summed E-state index contributed by atoms with van der Waals surface area (Å²) in [5.74, 6) is 0.939. The van der Waals surface area contributed by atoms with Gasteiger partial charge in [0, 0.05) is 21.7 Å². The molecule has 0 aliphatic carbocycles. The van der Waals surface area contributed by atoms with Gasteiger partial charge in [0.1, 0.15) is 5.01 Å². The maximum Gasteiger partial charge on any atom is 0.262 e. The lowest BCUT2D eigenvalue weighted by Gasteiger charge is -2.11. The second-order valence-corrected chi connectivity index (χ2v) is 8.29. The molecule has 1 heterocycles. The Balaban J connectivity index is 1.39. The molecule has 6 heteroatoms. The number of amides is 1. The molecule has 0 aliphatic heterocycles. The highest BCUT2D eigenvalue weighted by Gasteiger charge is 2.12. The zero-order chi connectivity index (χ0) is 22.3. The Labute approximate surface area is 191 Å². The molecule has 0 aliphatic rings. The van der Waals surface area contributed by atoms with E-state index in [2.05, 4.69) is 24.4 Å². The number of nitrogens with zero attached hydrogens (tertiary/aromatic N) is 1. The molecule has 0 saturated carbocycles. The molecule has 1 amide bonds. The summed E-state index contributed by atoms with van der Waals surface area (Å²) in [5.41, 5.74) is 3.79. The number of aryl methyl sites for hydroxylation is 1. The zero-order valence-corrected chi connectivity index (χ0v) is 18.8. The molecule has 162 valence electrons. The number of benzene rings is 3. The molecule has 3 aromatic carbocycles. The van der Waals surface area contributed by atoms with Crippen LogP contribution >= 0.6 is 11.3 Å². The normalized spacial score (nSPS) is 10.6. The van der Waals surface area contributed by atoms with Crippen molar-refractivity contribution in [1.82, 2.24) is 4.98 Å². The minimum Gasteiger partial charge on any atom is -0.490 e. The largest absolute Gasteiger partial charge is 0.490 e. The molecule has 1 N–H and O–H groups in total. The van der Waals surface area contributed by atoms with Crippen LogP contribution in [0.4, 0.5) is 5.69 Å². The summed E-state index contributed by atoms with van der Waals surface area (Å²) in [6, 6.07) is 25.2. The van der Waals surface area contributed by atoms with E-state index in [4.69, 9.17) is 14.5 Å². The molecular formula is C26H24N2O3S. The number of para-hydroxylation sites is 2. The molecule has 0 atom stereocenters. The molecular weight excluding hydrogens is 420 g/mol. The molecule has 0 bridgehead atoms. The summed E-state index contributed by atoms with van der Waals surface area (Å²) in [7, 11) is 0. The molecule has 0 unspecified atom stereocenters. The lowest BCUT2D eigenvalue weighted by Crippen LogP contribution is -2.20. The highest BCUT2D eigenvalue weighted by molar-refractivity contribution is 7.15. The molecule has 0 saturated heterocycles. The fraction of sp³-hybridized carbons (Fsp3) is 0.154. The van der Waals surface area contributed by atoms with E-state index in [1.807, 2.05) is 67.6 Å². The van der Waals surface area contributed by atoms with Gasteiger partial charge >= 0.3 is 0 Å². The first-order chi connectivity index (χ1) is 15.6. The molecule has 0 fully saturated rings. The highest BCUT2D eigenvalue weighted by atomic mass is 32.1. The summed E-state index contributed by atoms with van der Waals surface area (Å²) in [6.45, 7) is 4.41. The average Bonchev–Trinajstić information content (AvgIpc) is 3.21. The summed E-state index contributed by atoms with van der Waals surface area (Å²) in [4.78, 5) is 18.3. The van der Waals surface area contributed by atoms with Gasteiger partial charge in [-0.15, -0.1) is 11.3 Å². The van der Waals surface area contributed by atoms with Gasteiger partial charge in [-0.3, -0.25) is 4.79 Å². The SMILES string of the molecule is CCOc1ccccc1OCC(=O)Nc1ccc(-c2nc(-c3ccccc3)sc2C)cc1. The maximum absolute atomic E-state index is 12.3. The molecule has 1 aromatic heterocycles. The molecule has 32 heavy (non-hydrogen) atoms. The van der Waals surface area contributed by atoms with Crippen LogP contribution in [0.3, 0.4) is 0 Å². The number of rotatable bonds is 8. The number of anilines is 1. The maximum atomic E-state index is 12.3. The average molecular weight is 445 g/mol. The predicted molar refractivity (Wildman–Crippen MR) is 129 cm³/mol. The molecule has 4 aromatic rings. The van der Waals surface area contributed by atoms with Crippen LogP contribution < -0.4 is 14.8 Å². The molecule has 4 rings (SSSR count). The second-order valence-electron chi connectivity index (χ2n) is 7.08. The van der Waals surface area contributed by atoms with E-state index in [1.54, 1.807) is 17.4 Å². The minimum absolute atomic E-state index is 0.0997. The number of nitrogens with one attached hydrogen (secondary N) is 1. The molecule has 0 spiro atoms. The van der Waals surface area contributed by atoms with Crippen molar-refractivity contribution in [3.05, 3.63) is 83.7 Å². The van der Waals surface area contributed by atoms with Crippen LogP contribution in [0, 0.1) is 6.92 Å². The van der Waals surface area contributed by atoms with E-state index < -0.39 is 0 Å². The quantitative estimate of drug-likeness (QED) is 0.351. The highest BCUT2D eigenvalue weighted by Crippen LogP contribution is 2.33. The van der Waals surface area contributed by atoms with Crippen LogP contribution in [-0.4, -0.2) is 24.1 Å². The van der Waals surface area contributed by atoms with Crippen molar-refractivity contribution in [1.29, 1.82) is 0 Å². The van der Waals surface area contributed by atoms with Gasteiger partial charge < -0.3 is 14.8 Å². The van der Waals surface area contributed by atoms with Crippen molar-refractivity contribution in [2.75, 3.05) is 18.5 Å². The second kappa shape index (κ2) is 10.1. The number of thiazole rings is 1. The van der Waals surface area contributed by atoms with Crippen LogP contribution in [0.25, 0.3) is 21.8 Å². The Morgan fingerprint density at radius 3 is 2.22 bits per heavy atom. The number of hydrogen-bond donors (Lipinski definition) is 1. The number of hydrogen-bond acceptors (Lipinski definition) is 5. The number of aromatic nitrogens is 1. The number of carbonyl (C=O) groups excluding carboxylic acids is 1. The monoisotopic (exact) mass is 444 g/mol. The van der Waals surface area contributed by atoms with Gasteiger partial charge in [0.05, 0.1) is 12.3 Å². The topological polar surface area (TPSA) is 60.5 Å². The first-order valence-electron chi connectivity index (χ1n) is 10.4. The number of carbonyl (C=O) groups is 1. The van der Waals surface area contributed by atoms with E-state index in [1.165, 1.54) is 0 Å². The van der Waals surface area contributed by atoms with Crippen molar-refractivity contribution in [3.63, 3.8) is 0 Å². The number of ether oxygens (including phenoxy) is 2. The first-order valence-corrected chi connectivity index (χ1v) is 11.2. The Morgan fingerprint density at radius 1 is 0.875 bits per heavy atom. The van der Waals surface area contributed by atoms with Crippen molar-refractivity contribution >= 4 is 22.9 Å². The fourth-order valence-corrected chi connectivity index (χ4v) is 4.21. The Bertz CT molecular complexity index is 1190. The van der Waals surface area contributed by atoms with E-state index in [-0.39, 0.29) is 12.5 Å². The van der Waals surface area contributed by atoms with Crippen LogP contribution in [0.5, 0.6) is 11.5 Å². The van der Waals surface area contributed by atoms with Crippen molar-refractivity contribution in [2.45, 2.75) is 13.8 Å². The van der Waals surface area contributed by atoms with E-state index in [0.717, 1.165) is 26.7 Å². The third-order valence-electron chi connectivity index (χ3n) is 4.77. The minimum atomic E-state index is -0.236. The van der Waals surface area contributed by atoms with Crippen molar-refractivity contribution < 1.29 is 14.3 Å². The molecule has 5 nitrogen and oxygen atoms in total. The lowest BCUT2D eigenvalue weighted by molar-refractivity contribution is -0.118. The third kappa shape index (κ3) is 5.15. The van der Waals surface area contributed by atoms with Gasteiger partial charge in [0.2, 0.25) is 0 Å². The predicted octanol–water partition coefficient (Wildman–Crippen LogP) is 6.20. The van der Waals surface area contributed by atoms with Crippen molar-refractivity contribution in [3.8, 4) is 33.3 Å². The standard InChI is InChI=1S/C26H24N2O3S/c1-3-30-22-11-7-8-12-23(22)31-17-24(29)27-21-15-13-19(14-16-21)25-18(2)32-26(28-25)20-9-5-4-6-10-20/h4-16H,3,17H2,1-2H3,(H,27,29). The fourth-order valence-electron chi connectivity index (χ4n) is 3.26. The van der Waals surface area contributed by atoms with E-state index >= 15 is 0 Å². The summed E-state index contributed by atoms with van der Waals surface area (Å²) < 4.78 is 11.2. The van der Waals surface area contributed by atoms with Gasteiger partial charge in [0.15, 0.2) is 18.1 Å². The van der Waals surface area contributed by atoms with Crippen molar-refractivity contribution in [2.24, 2.45) is 0 Å². The van der Waals surface area contributed by atoms with Crippen LogP contribution in [0.2, 0.25) is 0 Å². The summed E-state index contributed by atoms with van der Waals surface area (Å²) in [5, 5.41) is 3.87. The Morgan fingerprint density at radius 2 is 1.53 bits per heavy atom. The zero-order valence-electron chi connectivity index (χ0n) is 18.0. The van der Waals surface area contributed by atoms with Crippen LogP contribution in [0.15, 0.2) is 78.9 Å². The lowest BCUT2D eigenvalue weighted by atomic mass is 10.1.